The van der Waals surface area contributed by atoms with Crippen LogP contribution in [-0.4, -0.2) is 26.3 Å². The van der Waals surface area contributed by atoms with Gasteiger partial charge in [0.25, 0.3) is 0 Å². The Morgan fingerprint density at radius 2 is 1.68 bits per heavy atom. The van der Waals surface area contributed by atoms with Gasteiger partial charge >= 0.3 is 124 Å². The Kier molecular flexibility index (Phi) is 4.52. The molecule has 0 amide bonds. The van der Waals surface area contributed by atoms with Crippen molar-refractivity contribution < 1.29 is 26.0 Å². The number of rotatable bonds is 4. The maximum atomic E-state index is 12.9. The first-order chi connectivity index (χ1) is 10.1. The van der Waals surface area contributed by atoms with Crippen molar-refractivity contribution in [2.45, 2.75) is 13.8 Å². The topological polar surface area (TPSA) is 27.7 Å². The van der Waals surface area contributed by atoms with E-state index >= 15 is 0 Å². The van der Waals surface area contributed by atoms with Gasteiger partial charge in [0.15, 0.2) is 0 Å². The summed E-state index contributed by atoms with van der Waals surface area (Å²) >= 11 is 0. The van der Waals surface area contributed by atoms with Crippen LogP contribution in [0.15, 0.2) is 12.1 Å². The average molecular weight is 345 g/mol. The Morgan fingerprint density at radius 1 is 1.09 bits per heavy atom. The summed E-state index contributed by atoms with van der Waals surface area (Å²) in [7, 11) is -8.30. The van der Waals surface area contributed by atoms with Gasteiger partial charge in [-0.2, -0.15) is 0 Å². The fourth-order valence-corrected chi connectivity index (χ4v) is 3.08. The molecule has 22 heavy (non-hydrogen) atoms. The molecular formula is C12H17F5N3OP. The monoisotopic (exact) mass is 345 g/mol. The van der Waals surface area contributed by atoms with E-state index in [9.17, 15) is 21.3 Å². The fraction of sp³-hybridized carbons (Fsp3) is 0.500. The molecule has 0 bridgehead atoms. The molecule has 1 aliphatic rings. The molecule has 0 radical (unpaired) electrons. The third-order valence-electron chi connectivity index (χ3n) is 3.48. The van der Waals surface area contributed by atoms with E-state index in [2.05, 4.69) is 0 Å². The molecular weight excluding hydrogens is 328 g/mol. The third kappa shape index (κ3) is 3.59. The summed E-state index contributed by atoms with van der Waals surface area (Å²) < 4.78 is 68.5. The van der Waals surface area contributed by atoms with Crippen LogP contribution >= 0.6 is 8.00 Å². The van der Waals surface area contributed by atoms with E-state index in [1.807, 2.05) is 4.90 Å². The van der Waals surface area contributed by atoms with E-state index < -0.39 is 18.5 Å². The van der Waals surface area contributed by atoms with Gasteiger partial charge in [0.2, 0.25) is 0 Å². The Balaban J connectivity index is 2.41. The second-order valence-electron chi connectivity index (χ2n) is 5.11. The van der Waals surface area contributed by atoms with Gasteiger partial charge in [0, 0.05) is 0 Å². The van der Waals surface area contributed by atoms with Crippen molar-refractivity contribution in [1.29, 1.82) is 0 Å². The van der Waals surface area contributed by atoms with Crippen molar-refractivity contribution >= 4 is 19.4 Å². The Bertz CT molecular complexity index is 550. The Hall–Kier alpha value is -1.18. The van der Waals surface area contributed by atoms with Gasteiger partial charge in [-0.05, 0) is 0 Å². The van der Waals surface area contributed by atoms with Crippen molar-refractivity contribution in [3.8, 4) is 0 Å². The SMILES string of the molecule is Cc1cc(N(NF)P(F)(F)(F)F)c(C)cc1N1CCOCC1. The molecule has 0 spiro atoms. The molecule has 1 aliphatic heterocycles. The van der Waals surface area contributed by atoms with Gasteiger partial charge in [-0.1, -0.05) is 0 Å². The van der Waals surface area contributed by atoms with Gasteiger partial charge in [-0.15, -0.1) is 0 Å². The molecule has 0 aliphatic carbocycles. The summed E-state index contributed by atoms with van der Waals surface area (Å²) in [6.45, 7) is 5.26. The molecule has 4 nitrogen and oxygen atoms in total. The molecule has 1 fully saturated rings. The zero-order valence-electron chi connectivity index (χ0n) is 12.1. The Labute approximate surface area is 125 Å². The van der Waals surface area contributed by atoms with Crippen LogP contribution in [0.1, 0.15) is 11.1 Å². The van der Waals surface area contributed by atoms with Crippen molar-refractivity contribution in [2.24, 2.45) is 0 Å². The zero-order valence-corrected chi connectivity index (χ0v) is 13.0. The first-order valence-corrected chi connectivity index (χ1v) is 8.35. The third-order valence-corrected chi connectivity index (χ3v) is 4.37. The first-order valence-electron chi connectivity index (χ1n) is 6.60. The Morgan fingerprint density at radius 3 is 2.18 bits per heavy atom. The zero-order chi connectivity index (χ0) is 16.6. The number of anilines is 2. The van der Waals surface area contributed by atoms with Crippen LogP contribution in [0.3, 0.4) is 0 Å². The minimum atomic E-state index is -8.30. The van der Waals surface area contributed by atoms with E-state index in [0.717, 1.165) is 11.8 Å². The molecule has 0 saturated carbocycles. The van der Waals surface area contributed by atoms with E-state index in [1.54, 1.807) is 6.92 Å². The van der Waals surface area contributed by atoms with E-state index in [-0.39, 0.29) is 5.56 Å². The standard InChI is InChI=1S/C12H17F5N3OP/c1-9-8-12(20(18-13)22(14,15,16)17)10(2)7-11(9)19-3-5-21-6-4-19/h7-8,18H,3-6H2,1-2H3. The molecule has 0 atom stereocenters. The van der Waals surface area contributed by atoms with Gasteiger partial charge in [0.05, 0.1) is 0 Å². The van der Waals surface area contributed by atoms with Crippen LogP contribution in [-0.2, 0) is 4.74 Å². The number of nitrogens with zero attached hydrogens (tertiary/aromatic N) is 2. The van der Waals surface area contributed by atoms with E-state index in [0.29, 0.717) is 37.5 Å². The summed E-state index contributed by atoms with van der Waals surface area (Å²) in [5, 5.41) is 0. The number of aryl methyl sites for hydroxylation is 2. The van der Waals surface area contributed by atoms with Gasteiger partial charge in [0.1, 0.15) is 0 Å². The number of hydrogen-bond donors (Lipinski definition) is 1. The predicted octanol–water partition coefficient (Wildman–Crippen LogP) is 4.34. The number of hydrazine groups is 1. The predicted molar refractivity (Wildman–Crippen MR) is 77.0 cm³/mol. The number of nitrogens with one attached hydrogen (secondary N) is 1. The summed E-state index contributed by atoms with van der Waals surface area (Å²) in [6, 6.07) is 2.63. The van der Waals surface area contributed by atoms with Gasteiger partial charge in [-0.3, -0.25) is 0 Å². The first kappa shape index (κ1) is 17.2. The molecule has 0 unspecified atom stereocenters. The minimum absolute atomic E-state index is 0.122. The molecule has 1 N–H and O–H groups in total. The normalized spacial score (nSPS) is 18.0. The molecule has 2 rings (SSSR count). The molecule has 0 aromatic heterocycles. The van der Waals surface area contributed by atoms with Crippen LogP contribution in [0.25, 0.3) is 0 Å². The summed E-state index contributed by atoms with van der Waals surface area (Å²) in [6.07, 6.45) is 0. The van der Waals surface area contributed by atoms with Crippen molar-refractivity contribution in [3.05, 3.63) is 23.3 Å². The van der Waals surface area contributed by atoms with Crippen LogP contribution in [0.2, 0.25) is 0 Å². The summed E-state index contributed by atoms with van der Waals surface area (Å²) in [4.78, 5) is 1.97. The van der Waals surface area contributed by atoms with Crippen molar-refractivity contribution in [1.82, 2.24) is 5.65 Å². The summed E-state index contributed by atoms with van der Waals surface area (Å²) in [5.74, 6) is 0. The number of hydrogen-bond acceptors (Lipinski definition) is 4. The quantitative estimate of drug-likeness (QED) is 0.380. The second kappa shape index (κ2) is 5.79. The number of ether oxygens (including phenoxy) is 1. The van der Waals surface area contributed by atoms with Crippen LogP contribution in [0.4, 0.5) is 32.6 Å². The van der Waals surface area contributed by atoms with Crippen LogP contribution in [0.5, 0.6) is 0 Å². The molecule has 1 aromatic rings. The van der Waals surface area contributed by atoms with Crippen LogP contribution in [0, 0.1) is 13.8 Å². The number of halogens is 5. The van der Waals surface area contributed by atoms with E-state index in [1.165, 1.54) is 13.0 Å². The van der Waals surface area contributed by atoms with Crippen molar-refractivity contribution in [2.75, 3.05) is 36.0 Å². The molecule has 126 valence electrons. The number of morpholine rings is 1. The maximum absolute atomic E-state index is 12.9. The average Bonchev–Trinajstić information content (AvgIpc) is 2.41. The molecule has 1 heterocycles. The molecule has 1 aromatic carbocycles. The van der Waals surface area contributed by atoms with Crippen molar-refractivity contribution in [3.63, 3.8) is 0 Å². The van der Waals surface area contributed by atoms with Gasteiger partial charge in [-0.25, -0.2) is 0 Å². The molecule has 1 saturated heterocycles. The fourth-order valence-electron chi connectivity index (χ4n) is 2.42. The van der Waals surface area contributed by atoms with E-state index in [4.69, 9.17) is 4.74 Å². The van der Waals surface area contributed by atoms with Crippen LogP contribution < -0.4 is 15.3 Å². The summed E-state index contributed by atoms with van der Waals surface area (Å²) in [5.41, 5.74) is 1.20. The molecule has 10 heteroatoms. The number of benzene rings is 1. The second-order valence-corrected chi connectivity index (χ2v) is 6.88. The van der Waals surface area contributed by atoms with Gasteiger partial charge < -0.3 is 0 Å².